The number of hydrogen-bond acceptors (Lipinski definition) is 4. The highest BCUT2D eigenvalue weighted by molar-refractivity contribution is 7.98. The molecule has 1 aromatic heterocycles. The molecule has 0 saturated heterocycles. The van der Waals surface area contributed by atoms with Crippen molar-refractivity contribution in [2.24, 2.45) is 4.99 Å². The van der Waals surface area contributed by atoms with E-state index in [1.807, 2.05) is 49.6 Å². The second kappa shape index (κ2) is 8.47. The Hall–Kier alpha value is -1.89. The van der Waals surface area contributed by atoms with Crippen molar-refractivity contribution in [3.8, 4) is 0 Å². The van der Waals surface area contributed by atoms with Crippen LogP contribution in [0.4, 0.5) is 0 Å². The van der Waals surface area contributed by atoms with Gasteiger partial charge in [-0.05, 0) is 37.4 Å². The van der Waals surface area contributed by atoms with Crippen LogP contribution < -0.4 is 4.80 Å². The van der Waals surface area contributed by atoms with Crippen LogP contribution in [0.2, 0.25) is 0 Å². The normalized spacial score (nSPS) is 12.0. The van der Waals surface area contributed by atoms with E-state index in [-0.39, 0.29) is 5.91 Å². The molecule has 2 aromatic carbocycles. The van der Waals surface area contributed by atoms with Crippen molar-refractivity contribution < 1.29 is 9.53 Å². The molecule has 0 aliphatic rings. The maximum atomic E-state index is 12.7. The van der Waals surface area contributed by atoms with Gasteiger partial charge in [0.05, 0.1) is 22.4 Å². The van der Waals surface area contributed by atoms with Crippen LogP contribution >= 0.6 is 23.1 Å². The summed E-state index contributed by atoms with van der Waals surface area (Å²) in [7, 11) is 0. The van der Waals surface area contributed by atoms with E-state index < -0.39 is 0 Å². The quantitative estimate of drug-likeness (QED) is 0.481. The number of thiazole rings is 1. The number of amides is 1. The number of rotatable bonds is 6. The molecule has 25 heavy (non-hydrogen) atoms. The van der Waals surface area contributed by atoms with E-state index in [1.54, 1.807) is 11.8 Å². The Morgan fingerprint density at radius 3 is 2.76 bits per heavy atom. The van der Waals surface area contributed by atoms with Gasteiger partial charge in [-0.3, -0.25) is 4.79 Å². The Labute approximate surface area is 155 Å². The fraction of sp³-hybridized carbons (Fsp3) is 0.263. The molecular formula is C19H20N2O2S2. The zero-order valence-electron chi connectivity index (χ0n) is 14.3. The van der Waals surface area contributed by atoms with Gasteiger partial charge < -0.3 is 9.30 Å². The monoisotopic (exact) mass is 372 g/mol. The van der Waals surface area contributed by atoms with Crippen LogP contribution in [0, 0.1) is 0 Å². The number of hydrogen-bond donors (Lipinski definition) is 0. The smallest absolute Gasteiger partial charge is 0.280 e. The molecular weight excluding hydrogens is 352 g/mol. The van der Waals surface area contributed by atoms with Crippen LogP contribution in [-0.4, -0.2) is 29.9 Å². The molecule has 0 aliphatic carbocycles. The first-order valence-corrected chi connectivity index (χ1v) is 10.2. The number of para-hydroxylation sites is 1. The zero-order valence-corrected chi connectivity index (χ0v) is 15.9. The Bertz CT molecular complexity index is 944. The van der Waals surface area contributed by atoms with Gasteiger partial charge in [0.2, 0.25) is 0 Å². The summed E-state index contributed by atoms with van der Waals surface area (Å²) in [6.45, 7) is 3.92. The molecule has 0 spiro atoms. The summed E-state index contributed by atoms with van der Waals surface area (Å²) in [5.41, 5.74) is 1.72. The van der Waals surface area contributed by atoms with Crippen LogP contribution in [0.3, 0.4) is 0 Å². The number of aromatic nitrogens is 1. The number of carbonyl (C=O) groups excluding carboxylic acids is 1. The lowest BCUT2D eigenvalue weighted by Gasteiger charge is -2.06. The van der Waals surface area contributed by atoms with Gasteiger partial charge in [-0.2, -0.15) is 4.99 Å². The fourth-order valence-corrected chi connectivity index (χ4v) is 4.24. The second-order valence-electron chi connectivity index (χ2n) is 5.32. The van der Waals surface area contributed by atoms with Crippen LogP contribution in [-0.2, 0) is 11.3 Å². The van der Waals surface area contributed by atoms with E-state index in [0.717, 1.165) is 15.1 Å². The summed E-state index contributed by atoms with van der Waals surface area (Å²) in [5.74, 6) is -0.207. The molecule has 0 fully saturated rings. The van der Waals surface area contributed by atoms with Crippen LogP contribution in [0.25, 0.3) is 10.2 Å². The highest BCUT2D eigenvalue weighted by Gasteiger charge is 2.11. The zero-order chi connectivity index (χ0) is 17.6. The summed E-state index contributed by atoms with van der Waals surface area (Å²) in [6, 6.07) is 15.7. The molecule has 3 aromatic rings. The molecule has 0 unspecified atom stereocenters. The van der Waals surface area contributed by atoms with Crippen molar-refractivity contribution in [3.63, 3.8) is 0 Å². The molecule has 0 N–H and O–H groups in total. The van der Waals surface area contributed by atoms with E-state index in [4.69, 9.17) is 4.74 Å². The van der Waals surface area contributed by atoms with Gasteiger partial charge in [-0.25, -0.2) is 0 Å². The number of thioether (sulfide) groups is 1. The third kappa shape index (κ3) is 4.03. The molecule has 0 radical (unpaired) electrons. The molecule has 0 atom stereocenters. The average Bonchev–Trinajstić information content (AvgIpc) is 2.99. The highest BCUT2D eigenvalue weighted by atomic mass is 32.2. The van der Waals surface area contributed by atoms with E-state index >= 15 is 0 Å². The maximum absolute atomic E-state index is 12.7. The van der Waals surface area contributed by atoms with Gasteiger partial charge in [0.1, 0.15) is 0 Å². The summed E-state index contributed by atoms with van der Waals surface area (Å²) >= 11 is 3.09. The summed E-state index contributed by atoms with van der Waals surface area (Å²) in [6.07, 6.45) is 1.97. The summed E-state index contributed by atoms with van der Waals surface area (Å²) in [5, 5.41) is 0. The first-order valence-electron chi connectivity index (χ1n) is 8.12. The lowest BCUT2D eigenvalue weighted by molar-refractivity contribution is 0.0994. The van der Waals surface area contributed by atoms with Gasteiger partial charge in [-0.1, -0.05) is 35.6 Å². The molecule has 0 bridgehead atoms. The van der Waals surface area contributed by atoms with Crippen LogP contribution in [0.15, 0.2) is 58.4 Å². The molecule has 6 heteroatoms. The van der Waals surface area contributed by atoms with Crippen molar-refractivity contribution in [3.05, 3.63) is 58.9 Å². The lowest BCUT2D eigenvalue weighted by Crippen LogP contribution is -2.19. The van der Waals surface area contributed by atoms with Crippen molar-refractivity contribution in [2.45, 2.75) is 18.4 Å². The van der Waals surface area contributed by atoms with Gasteiger partial charge in [0.25, 0.3) is 5.91 Å². The van der Waals surface area contributed by atoms with Gasteiger partial charge >= 0.3 is 0 Å². The Balaban J connectivity index is 2.05. The molecule has 3 rings (SSSR count). The molecule has 1 heterocycles. The van der Waals surface area contributed by atoms with E-state index in [2.05, 4.69) is 21.7 Å². The van der Waals surface area contributed by atoms with Crippen LogP contribution in [0.1, 0.15) is 17.3 Å². The molecule has 4 nitrogen and oxygen atoms in total. The predicted molar refractivity (Wildman–Crippen MR) is 104 cm³/mol. The van der Waals surface area contributed by atoms with E-state index in [0.29, 0.717) is 30.1 Å². The molecule has 1 amide bonds. The van der Waals surface area contributed by atoms with Crippen molar-refractivity contribution in [2.75, 3.05) is 19.5 Å². The Morgan fingerprint density at radius 1 is 1.20 bits per heavy atom. The number of carbonyl (C=O) groups is 1. The Kier molecular flexibility index (Phi) is 6.07. The number of benzene rings is 2. The lowest BCUT2D eigenvalue weighted by atomic mass is 10.2. The van der Waals surface area contributed by atoms with E-state index in [1.165, 1.54) is 11.3 Å². The van der Waals surface area contributed by atoms with Gasteiger partial charge in [-0.15, -0.1) is 11.8 Å². The summed E-state index contributed by atoms with van der Waals surface area (Å²) < 4.78 is 8.67. The minimum Gasteiger partial charge on any atom is -0.380 e. The number of nitrogens with zero attached hydrogens (tertiary/aromatic N) is 2. The van der Waals surface area contributed by atoms with Gasteiger partial charge in [0.15, 0.2) is 4.80 Å². The second-order valence-corrected chi connectivity index (χ2v) is 7.18. The first kappa shape index (κ1) is 17.9. The third-order valence-corrected chi connectivity index (χ3v) is 5.64. The molecule has 130 valence electrons. The summed E-state index contributed by atoms with van der Waals surface area (Å²) in [4.78, 5) is 18.8. The third-order valence-electron chi connectivity index (χ3n) is 3.79. The SMILES string of the molecule is CCOCCn1c(=NC(=O)c2ccccc2SC)sc2ccccc21. The minimum atomic E-state index is -0.207. The average molecular weight is 373 g/mol. The fourth-order valence-electron chi connectivity index (χ4n) is 2.59. The minimum absolute atomic E-state index is 0.207. The Morgan fingerprint density at radius 2 is 1.96 bits per heavy atom. The first-order chi connectivity index (χ1) is 12.2. The van der Waals surface area contributed by atoms with Crippen molar-refractivity contribution in [1.29, 1.82) is 0 Å². The van der Waals surface area contributed by atoms with Crippen molar-refractivity contribution in [1.82, 2.24) is 4.57 Å². The number of fused-ring (bicyclic) bond motifs is 1. The highest BCUT2D eigenvalue weighted by Crippen LogP contribution is 2.21. The van der Waals surface area contributed by atoms with Crippen molar-refractivity contribution >= 4 is 39.2 Å². The predicted octanol–water partition coefficient (Wildman–Crippen LogP) is 4.20. The standard InChI is InChI=1S/C19H20N2O2S2/c1-3-23-13-12-21-15-9-5-7-11-17(15)25-19(21)20-18(22)14-8-4-6-10-16(14)24-2/h4-11H,3,12-13H2,1-2H3. The number of ether oxygens (including phenoxy) is 1. The largest absolute Gasteiger partial charge is 0.380 e. The molecule has 0 aliphatic heterocycles. The topological polar surface area (TPSA) is 43.6 Å². The molecule has 0 saturated carbocycles. The van der Waals surface area contributed by atoms with Gasteiger partial charge in [0, 0.05) is 18.0 Å². The van der Waals surface area contributed by atoms with Crippen LogP contribution in [0.5, 0.6) is 0 Å². The maximum Gasteiger partial charge on any atom is 0.280 e. The van der Waals surface area contributed by atoms with E-state index in [9.17, 15) is 4.79 Å².